The predicted molar refractivity (Wildman–Crippen MR) is 98.9 cm³/mol. The van der Waals surface area contributed by atoms with Crippen LogP contribution in [0.4, 0.5) is 24.5 Å². The maximum atomic E-state index is 12.8. The van der Waals surface area contributed by atoms with Crippen LogP contribution >= 0.6 is 0 Å². The van der Waals surface area contributed by atoms with Gasteiger partial charge in [-0.2, -0.15) is 13.2 Å². The second kappa shape index (κ2) is 7.87. The van der Waals surface area contributed by atoms with Crippen molar-refractivity contribution in [2.24, 2.45) is 5.41 Å². The quantitative estimate of drug-likeness (QED) is 0.832. The van der Waals surface area contributed by atoms with Gasteiger partial charge in [0.25, 0.3) is 5.56 Å². The van der Waals surface area contributed by atoms with E-state index in [0.29, 0.717) is 22.0 Å². The summed E-state index contributed by atoms with van der Waals surface area (Å²) in [5.74, 6) is -0.896. The van der Waals surface area contributed by atoms with Gasteiger partial charge in [0.05, 0.1) is 0 Å². The molecule has 1 aromatic heterocycles. The van der Waals surface area contributed by atoms with Crippen LogP contribution in [-0.2, 0) is 22.3 Å². The van der Waals surface area contributed by atoms with Crippen LogP contribution in [0.25, 0.3) is 0 Å². The number of benzene rings is 1. The molecule has 0 aliphatic carbocycles. The minimum atomic E-state index is -4.80. The van der Waals surface area contributed by atoms with Crippen LogP contribution in [0.15, 0.2) is 47.4 Å². The van der Waals surface area contributed by atoms with Crippen molar-refractivity contribution >= 4 is 23.2 Å². The first kappa shape index (κ1) is 21.2. The van der Waals surface area contributed by atoms with Gasteiger partial charge in [-0.25, -0.2) is 0 Å². The van der Waals surface area contributed by atoms with E-state index in [9.17, 15) is 27.6 Å². The van der Waals surface area contributed by atoms with Gasteiger partial charge in [0.1, 0.15) is 12.1 Å². The van der Waals surface area contributed by atoms with E-state index in [4.69, 9.17) is 0 Å². The van der Waals surface area contributed by atoms with E-state index in [1.165, 1.54) is 6.07 Å². The summed E-state index contributed by atoms with van der Waals surface area (Å²) < 4.78 is 39.1. The Morgan fingerprint density at radius 1 is 1.00 bits per heavy atom. The van der Waals surface area contributed by atoms with Gasteiger partial charge in [-0.05, 0) is 30.3 Å². The number of hydrogen-bond donors (Lipinski definition) is 2. The fourth-order valence-electron chi connectivity index (χ4n) is 2.23. The molecule has 0 aliphatic heterocycles. The van der Waals surface area contributed by atoms with E-state index in [0.717, 1.165) is 12.3 Å². The number of amides is 2. The standard InChI is InChI=1S/C19H20F3N3O3/c1-18(2,3)17(28)24-13-7-4-6-12(10-13)23-15(26)11-25-9-5-8-14(16(25)27)19(20,21)22/h4-10H,11H2,1-3H3,(H,23,26)(H,24,28). The van der Waals surface area contributed by atoms with E-state index in [2.05, 4.69) is 10.6 Å². The zero-order chi connectivity index (χ0) is 21.1. The highest BCUT2D eigenvalue weighted by Crippen LogP contribution is 2.26. The fourth-order valence-corrected chi connectivity index (χ4v) is 2.23. The number of pyridine rings is 1. The number of alkyl halides is 3. The zero-order valence-corrected chi connectivity index (χ0v) is 15.6. The number of nitrogens with zero attached hydrogens (tertiary/aromatic N) is 1. The van der Waals surface area contributed by atoms with Gasteiger partial charge in [-0.3, -0.25) is 14.4 Å². The fraction of sp³-hybridized carbons (Fsp3) is 0.316. The van der Waals surface area contributed by atoms with Crippen LogP contribution in [-0.4, -0.2) is 16.4 Å². The molecule has 0 fully saturated rings. The van der Waals surface area contributed by atoms with Crippen molar-refractivity contribution in [1.82, 2.24) is 4.57 Å². The summed E-state index contributed by atoms with van der Waals surface area (Å²) in [4.78, 5) is 36.1. The predicted octanol–water partition coefficient (Wildman–Crippen LogP) is 3.49. The lowest BCUT2D eigenvalue weighted by molar-refractivity contribution is -0.139. The van der Waals surface area contributed by atoms with Crippen LogP contribution in [0, 0.1) is 5.41 Å². The van der Waals surface area contributed by atoms with Gasteiger partial charge in [-0.1, -0.05) is 26.8 Å². The number of nitrogens with one attached hydrogen (secondary N) is 2. The van der Waals surface area contributed by atoms with Gasteiger partial charge in [0.15, 0.2) is 0 Å². The topological polar surface area (TPSA) is 80.2 Å². The normalized spacial score (nSPS) is 11.8. The smallest absolute Gasteiger partial charge is 0.326 e. The van der Waals surface area contributed by atoms with Crippen molar-refractivity contribution in [1.29, 1.82) is 0 Å². The van der Waals surface area contributed by atoms with Gasteiger partial charge in [0, 0.05) is 23.0 Å². The molecule has 0 radical (unpaired) electrons. The number of rotatable bonds is 4. The molecule has 2 N–H and O–H groups in total. The number of carbonyl (C=O) groups is 2. The Hall–Kier alpha value is -3.10. The highest BCUT2D eigenvalue weighted by atomic mass is 19.4. The van der Waals surface area contributed by atoms with Crippen molar-refractivity contribution in [3.63, 3.8) is 0 Å². The van der Waals surface area contributed by atoms with E-state index in [1.54, 1.807) is 39.0 Å². The monoisotopic (exact) mass is 395 g/mol. The molecule has 0 saturated heterocycles. The maximum Gasteiger partial charge on any atom is 0.421 e. The number of carbonyl (C=O) groups excluding carboxylic acids is 2. The highest BCUT2D eigenvalue weighted by molar-refractivity contribution is 5.96. The largest absolute Gasteiger partial charge is 0.421 e. The van der Waals surface area contributed by atoms with Crippen molar-refractivity contribution < 1.29 is 22.8 Å². The Labute approximate surface area is 159 Å². The SMILES string of the molecule is CC(C)(C)C(=O)Nc1cccc(NC(=O)Cn2cccc(C(F)(F)F)c2=O)c1. The van der Waals surface area contributed by atoms with Crippen LogP contribution in [0.5, 0.6) is 0 Å². The lowest BCUT2D eigenvalue weighted by Crippen LogP contribution is -2.32. The third kappa shape index (κ3) is 5.45. The van der Waals surface area contributed by atoms with Crippen molar-refractivity contribution in [3.05, 3.63) is 58.5 Å². The summed E-state index contributed by atoms with van der Waals surface area (Å²) in [6.07, 6.45) is -3.69. The molecule has 150 valence electrons. The van der Waals surface area contributed by atoms with E-state index >= 15 is 0 Å². The molecule has 1 heterocycles. The first-order valence-corrected chi connectivity index (χ1v) is 8.36. The lowest BCUT2D eigenvalue weighted by Gasteiger charge is -2.18. The summed E-state index contributed by atoms with van der Waals surface area (Å²) in [7, 11) is 0. The average molecular weight is 395 g/mol. The van der Waals surface area contributed by atoms with E-state index in [-0.39, 0.29) is 5.91 Å². The highest BCUT2D eigenvalue weighted by Gasteiger charge is 2.34. The van der Waals surface area contributed by atoms with Crippen LogP contribution < -0.4 is 16.2 Å². The number of anilines is 2. The zero-order valence-electron chi connectivity index (χ0n) is 15.6. The number of halogens is 3. The first-order chi connectivity index (χ1) is 12.9. The molecule has 9 heteroatoms. The minimum absolute atomic E-state index is 0.216. The Kier molecular flexibility index (Phi) is 5.96. The van der Waals surface area contributed by atoms with E-state index in [1.807, 2.05) is 0 Å². The van der Waals surface area contributed by atoms with Crippen LogP contribution in [0.3, 0.4) is 0 Å². The molecule has 0 bridgehead atoms. The molecule has 1 aromatic carbocycles. The molecule has 0 atom stereocenters. The van der Waals surface area contributed by atoms with Gasteiger partial charge < -0.3 is 15.2 Å². The van der Waals surface area contributed by atoms with Crippen molar-refractivity contribution in [3.8, 4) is 0 Å². The summed E-state index contributed by atoms with van der Waals surface area (Å²) in [5, 5.41) is 5.20. The van der Waals surface area contributed by atoms with Gasteiger partial charge in [0.2, 0.25) is 11.8 Å². The Morgan fingerprint density at radius 3 is 2.18 bits per heavy atom. The van der Waals surface area contributed by atoms with Crippen molar-refractivity contribution in [2.45, 2.75) is 33.5 Å². The maximum absolute atomic E-state index is 12.8. The van der Waals surface area contributed by atoms with Gasteiger partial charge in [-0.15, -0.1) is 0 Å². The summed E-state index contributed by atoms with van der Waals surface area (Å²) in [5.41, 5.74) is -2.46. The van der Waals surface area contributed by atoms with Crippen LogP contribution in [0.1, 0.15) is 26.3 Å². The molecule has 2 amide bonds. The molecular formula is C19H20F3N3O3. The summed E-state index contributed by atoms with van der Waals surface area (Å²) in [6.45, 7) is 4.67. The molecule has 28 heavy (non-hydrogen) atoms. The van der Waals surface area contributed by atoms with Gasteiger partial charge >= 0.3 is 6.18 Å². The third-order valence-electron chi connectivity index (χ3n) is 3.72. The Bertz CT molecular complexity index is 944. The second-order valence-corrected chi connectivity index (χ2v) is 7.19. The van der Waals surface area contributed by atoms with Crippen molar-refractivity contribution in [2.75, 3.05) is 10.6 Å². The Balaban J connectivity index is 2.12. The molecule has 6 nitrogen and oxygen atoms in total. The summed E-state index contributed by atoms with van der Waals surface area (Å²) in [6, 6.07) is 8.02. The Morgan fingerprint density at radius 2 is 1.61 bits per heavy atom. The molecular weight excluding hydrogens is 375 g/mol. The molecule has 0 aliphatic rings. The molecule has 2 aromatic rings. The molecule has 2 rings (SSSR count). The third-order valence-corrected chi connectivity index (χ3v) is 3.72. The van der Waals surface area contributed by atoms with E-state index < -0.39 is 35.2 Å². The number of hydrogen-bond acceptors (Lipinski definition) is 3. The second-order valence-electron chi connectivity index (χ2n) is 7.19. The summed E-state index contributed by atoms with van der Waals surface area (Å²) >= 11 is 0. The lowest BCUT2D eigenvalue weighted by atomic mass is 9.95. The molecule has 0 unspecified atom stereocenters. The average Bonchev–Trinajstić information content (AvgIpc) is 2.55. The number of aromatic nitrogens is 1. The molecule has 0 spiro atoms. The molecule has 0 saturated carbocycles. The van der Waals surface area contributed by atoms with Crippen LogP contribution in [0.2, 0.25) is 0 Å². The first-order valence-electron chi connectivity index (χ1n) is 8.36. The minimum Gasteiger partial charge on any atom is -0.326 e.